The summed E-state index contributed by atoms with van der Waals surface area (Å²) in [5.41, 5.74) is 4.37. The lowest BCUT2D eigenvalue weighted by Gasteiger charge is -2.08. The number of hydrogen-bond acceptors (Lipinski definition) is 2. The van der Waals surface area contributed by atoms with Crippen LogP contribution in [0.2, 0.25) is 0 Å². The predicted molar refractivity (Wildman–Crippen MR) is 60.6 cm³/mol. The molecule has 0 radical (unpaired) electrons. The Balaban J connectivity index is 2.49. The number of aromatic nitrogens is 3. The number of pyridine rings is 1. The molecule has 2 rings (SSSR count). The molecule has 2 aromatic heterocycles. The van der Waals surface area contributed by atoms with E-state index in [9.17, 15) is 0 Å². The molecule has 0 aromatic carbocycles. The summed E-state index contributed by atoms with van der Waals surface area (Å²) in [7, 11) is 0. The van der Waals surface area contributed by atoms with Crippen molar-refractivity contribution >= 4 is 0 Å². The minimum atomic E-state index is 0.451. The molecule has 15 heavy (non-hydrogen) atoms. The van der Waals surface area contributed by atoms with Gasteiger partial charge in [-0.3, -0.25) is 10.1 Å². The molecule has 0 amide bonds. The molecule has 0 aliphatic heterocycles. The normalized spacial score (nSPS) is 10.9. The average Bonchev–Trinajstić information content (AvgIpc) is 2.69. The van der Waals surface area contributed by atoms with Crippen molar-refractivity contribution in [3.63, 3.8) is 0 Å². The summed E-state index contributed by atoms with van der Waals surface area (Å²) in [6.45, 7) is 6.32. The Morgan fingerprint density at radius 3 is 2.67 bits per heavy atom. The van der Waals surface area contributed by atoms with E-state index in [0.29, 0.717) is 5.92 Å². The Kier molecular flexibility index (Phi) is 2.54. The lowest BCUT2D eigenvalue weighted by atomic mass is 10.0. The van der Waals surface area contributed by atoms with Gasteiger partial charge in [-0.25, -0.2) is 0 Å². The van der Waals surface area contributed by atoms with Crippen molar-refractivity contribution in [3.05, 3.63) is 35.8 Å². The number of hydrogen-bond donors (Lipinski definition) is 1. The van der Waals surface area contributed by atoms with Crippen LogP contribution in [0.4, 0.5) is 0 Å². The maximum absolute atomic E-state index is 4.51. The first-order valence-corrected chi connectivity index (χ1v) is 5.15. The smallest absolute Gasteiger partial charge is 0.0651 e. The van der Waals surface area contributed by atoms with Gasteiger partial charge >= 0.3 is 0 Å². The van der Waals surface area contributed by atoms with E-state index in [1.807, 2.05) is 13.0 Å². The Morgan fingerprint density at radius 2 is 2.07 bits per heavy atom. The van der Waals surface area contributed by atoms with E-state index in [2.05, 4.69) is 41.2 Å². The number of aryl methyl sites for hydroxylation is 1. The molecule has 0 atom stereocenters. The van der Waals surface area contributed by atoms with Crippen LogP contribution >= 0.6 is 0 Å². The van der Waals surface area contributed by atoms with Crippen molar-refractivity contribution < 1.29 is 0 Å². The summed E-state index contributed by atoms with van der Waals surface area (Å²) >= 11 is 0. The largest absolute Gasteiger partial charge is 0.278 e. The number of nitrogens with zero attached hydrogens (tertiary/aromatic N) is 2. The van der Waals surface area contributed by atoms with Crippen LogP contribution < -0.4 is 0 Å². The number of H-pyrrole nitrogens is 1. The molecule has 0 aliphatic carbocycles. The lowest BCUT2D eigenvalue weighted by Crippen LogP contribution is -1.95. The van der Waals surface area contributed by atoms with Gasteiger partial charge < -0.3 is 0 Å². The second-order valence-electron chi connectivity index (χ2n) is 4.05. The second kappa shape index (κ2) is 3.85. The van der Waals surface area contributed by atoms with Gasteiger partial charge in [-0.2, -0.15) is 5.10 Å². The molecule has 0 saturated carbocycles. The molecule has 0 bridgehead atoms. The van der Waals surface area contributed by atoms with Crippen LogP contribution in [0.3, 0.4) is 0 Å². The quantitative estimate of drug-likeness (QED) is 0.811. The summed E-state index contributed by atoms with van der Waals surface area (Å²) in [4.78, 5) is 4.51. The van der Waals surface area contributed by atoms with Crippen LogP contribution in [0.5, 0.6) is 0 Å². The number of nitrogens with one attached hydrogen (secondary N) is 1. The molecule has 3 heteroatoms. The Labute approximate surface area is 89.6 Å². The van der Waals surface area contributed by atoms with Crippen LogP contribution in [-0.4, -0.2) is 15.2 Å². The SMILES string of the molecule is Cc1cc(-c2ccn[nH]2)cc(C(C)C)n1. The van der Waals surface area contributed by atoms with Gasteiger partial charge in [-0.15, -0.1) is 0 Å². The van der Waals surface area contributed by atoms with E-state index >= 15 is 0 Å². The zero-order chi connectivity index (χ0) is 10.8. The van der Waals surface area contributed by atoms with Gasteiger partial charge in [0, 0.05) is 23.1 Å². The van der Waals surface area contributed by atoms with Gasteiger partial charge in [0.2, 0.25) is 0 Å². The summed E-state index contributed by atoms with van der Waals surface area (Å²) in [6.07, 6.45) is 1.76. The monoisotopic (exact) mass is 201 g/mol. The second-order valence-corrected chi connectivity index (χ2v) is 4.05. The molecule has 0 unspecified atom stereocenters. The van der Waals surface area contributed by atoms with Gasteiger partial charge in [-0.05, 0) is 31.0 Å². The highest BCUT2D eigenvalue weighted by Gasteiger charge is 2.06. The summed E-state index contributed by atoms with van der Waals surface area (Å²) in [5, 5.41) is 6.93. The van der Waals surface area contributed by atoms with Crippen LogP contribution in [0, 0.1) is 6.92 Å². The van der Waals surface area contributed by atoms with E-state index in [4.69, 9.17) is 0 Å². The van der Waals surface area contributed by atoms with Crippen LogP contribution in [-0.2, 0) is 0 Å². The molecule has 2 aromatic rings. The van der Waals surface area contributed by atoms with Crippen molar-refractivity contribution in [3.8, 4) is 11.3 Å². The third-order valence-corrected chi connectivity index (χ3v) is 2.38. The minimum Gasteiger partial charge on any atom is -0.278 e. The van der Waals surface area contributed by atoms with Gasteiger partial charge in [0.1, 0.15) is 0 Å². The lowest BCUT2D eigenvalue weighted by molar-refractivity contribution is 0.816. The van der Waals surface area contributed by atoms with Crippen LogP contribution in [0.1, 0.15) is 31.2 Å². The highest BCUT2D eigenvalue weighted by atomic mass is 15.1. The Morgan fingerprint density at radius 1 is 1.27 bits per heavy atom. The van der Waals surface area contributed by atoms with Crippen molar-refractivity contribution in [2.45, 2.75) is 26.7 Å². The predicted octanol–water partition coefficient (Wildman–Crippen LogP) is 2.90. The summed E-state index contributed by atoms with van der Waals surface area (Å²) in [6, 6.07) is 6.16. The molecule has 0 fully saturated rings. The fourth-order valence-corrected chi connectivity index (χ4v) is 1.56. The van der Waals surface area contributed by atoms with E-state index in [1.165, 1.54) is 0 Å². The zero-order valence-electron chi connectivity index (χ0n) is 9.28. The average molecular weight is 201 g/mol. The van der Waals surface area contributed by atoms with E-state index < -0.39 is 0 Å². The van der Waals surface area contributed by atoms with Gasteiger partial charge in [-0.1, -0.05) is 13.8 Å². The standard InChI is InChI=1S/C12H15N3/c1-8(2)12-7-10(6-9(3)14-12)11-4-5-13-15-11/h4-8H,1-3H3,(H,13,15). The van der Waals surface area contributed by atoms with Gasteiger partial charge in [0.25, 0.3) is 0 Å². The molecule has 0 saturated heterocycles. The molecule has 0 aliphatic rings. The maximum Gasteiger partial charge on any atom is 0.0651 e. The van der Waals surface area contributed by atoms with Gasteiger partial charge in [0.15, 0.2) is 0 Å². The highest BCUT2D eigenvalue weighted by molar-refractivity contribution is 5.59. The first-order valence-electron chi connectivity index (χ1n) is 5.15. The molecule has 2 heterocycles. The molecule has 1 N–H and O–H groups in total. The Hall–Kier alpha value is -1.64. The molecule has 78 valence electrons. The summed E-state index contributed by atoms with van der Waals surface area (Å²) < 4.78 is 0. The first kappa shape index (κ1) is 9.90. The van der Waals surface area contributed by atoms with Crippen LogP contribution in [0.15, 0.2) is 24.4 Å². The highest BCUT2D eigenvalue weighted by Crippen LogP contribution is 2.21. The minimum absolute atomic E-state index is 0.451. The fraction of sp³-hybridized carbons (Fsp3) is 0.333. The topological polar surface area (TPSA) is 41.6 Å². The zero-order valence-corrected chi connectivity index (χ0v) is 9.28. The summed E-state index contributed by atoms with van der Waals surface area (Å²) in [5.74, 6) is 0.451. The first-order chi connectivity index (χ1) is 7.16. The van der Waals surface area contributed by atoms with Crippen molar-refractivity contribution in [2.75, 3.05) is 0 Å². The van der Waals surface area contributed by atoms with Crippen molar-refractivity contribution in [2.24, 2.45) is 0 Å². The van der Waals surface area contributed by atoms with E-state index in [0.717, 1.165) is 22.6 Å². The molecular formula is C12H15N3. The molecule has 0 spiro atoms. The molecule has 3 nitrogen and oxygen atoms in total. The maximum atomic E-state index is 4.51. The fourth-order valence-electron chi connectivity index (χ4n) is 1.56. The Bertz CT molecular complexity index is 444. The van der Waals surface area contributed by atoms with E-state index in [-0.39, 0.29) is 0 Å². The van der Waals surface area contributed by atoms with Gasteiger partial charge in [0.05, 0.1) is 5.69 Å². The van der Waals surface area contributed by atoms with E-state index in [1.54, 1.807) is 6.20 Å². The third kappa shape index (κ3) is 2.06. The number of aromatic amines is 1. The van der Waals surface area contributed by atoms with Crippen LogP contribution in [0.25, 0.3) is 11.3 Å². The third-order valence-electron chi connectivity index (χ3n) is 2.38. The van der Waals surface area contributed by atoms with Crippen molar-refractivity contribution in [1.82, 2.24) is 15.2 Å². The van der Waals surface area contributed by atoms with Crippen molar-refractivity contribution in [1.29, 1.82) is 0 Å². The number of rotatable bonds is 2. The molecular weight excluding hydrogens is 186 g/mol.